The predicted octanol–water partition coefficient (Wildman–Crippen LogP) is 4.02. The highest BCUT2D eigenvalue weighted by Gasteiger charge is 2.49. The Morgan fingerprint density at radius 1 is 1.18 bits per heavy atom. The Balaban J connectivity index is 1.66. The van der Waals surface area contributed by atoms with E-state index in [-0.39, 0.29) is 6.73 Å². The van der Waals surface area contributed by atoms with Gasteiger partial charge in [-0.05, 0) is 57.5 Å². The number of hydrogen-bond donors (Lipinski definition) is 1. The third kappa shape index (κ3) is 4.46. The molecule has 0 bridgehead atoms. The Labute approximate surface area is 165 Å². The summed E-state index contributed by atoms with van der Waals surface area (Å²) in [7, 11) is 0. The fraction of sp³-hybridized carbons (Fsp3) is 0.409. The first-order chi connectivity index (χ1) is 13.2. The first-order valence-corrected chi connectivity index (χ1v) is 9.32. The van der Waals surface area contributed by atoms with Crippen LogP contribution in [0.1, 0.15) is 38.8 Å². The third-order valence-corrected chi connectivity index (χ3v) is 4.60. The maximum Gasteiger partial charge on any atom is 0.412 e. The highest BCUT2D eigenvalue weighted by molar-refractivity contribution is 5.69. The maximum atomic E-state index is 12.4. The molecule has 1 N–H and O–H groups in total. The van der Waals surface area contributed by atoms with Crippen molar-refractivity contribution in [3.05, 3.63) is 65.7 Å². The fourth-order valence-electron chi connectivity index (χ4n) is 3.00. The molecule has 1 aliphatic heterocycles. The molecule has 2 aromatic carbocycles. The van der Waals surface area contributed by atoms with Gasteiger partial charge in [-0.15, -0.1) is 0 Å². The molecule has 0 spiro atoms. The van der Waals surface area contributed by atoms with Crippen LogP contribution >= 0.6 is 0 Å². The molecular formula is C22H27NO5. The van der Waals surface area contributed by atoms with Gasteiger partial charge in [0.05, 0.1) is 6.04 Å². The molecule has 3 rings (SSSR count). The number of hydrogen-bond acceptors (Lipinski definition) is 5. The molecule has 2 aromatic rings. The third-order valence-electron chi connectivity index (χ3n) is 4.60. The second-order valence-electron chi connectivity index (χ2n) is 7.89. The number of amides is 1. The fourth-order valence-corrected chi connectivity index (χ4v) is 3.00. The van der Waals surface area contributed by atoms with Gasteiger partial charge in [-0.1, -0.05) is 30.3 Å². The summed E-state index contributed by atoms with van der Waals surface area (Å²) >= 11 is 0. The van der Waals surface area contributed by atoms with E-state index in [9.17, 15) is 9.90 Å². The van der Waals surface area contributed by atoms with E-state index in [1.165, 1.54) is 4.90 Å². The minimum absolute atomic E-state index is 0.0428. The van der Waals surface area contributed by atoms with Gasteiger partial charge in [0.25, 0.3) is 0 Å². The normalized spacial score (nSPS) is 22.2. The van der Waals surface area contributed by atoms with Crippen molar-refractivity contribution in [1.82, 2.24) is 4.90 Å². The Bertz CT molecular complexity index is 800. The molecule has 1 amide bonds. The van der Waals surface area contributed by atoms with E-state index in [1.54, 1.807) is 52.0 Å². The lowest BCUT2D eigenvalue weighted by Gasteiger charge is -2.30. The van der Waals surface area contributed by atoms with Gasteiger partial charge in [0.1, 0.15) is 24.7 Å². The van der Waals surface area contributed by atoms with E-state index in [4.69, 9.17) is 14.2 Å². The SMILES string of the molecule is C[C@@H]1N(C(=O)OC(C)(C)C)COC1(O)c1ccc(OCc2ccccc2)cc1. The van der Waals surface area contributed by atoms with Crippen LogP contribution in [0.3, 0.4) is 0 Å². The number of carbonyl (C=O) groups is 1. The quantitative estimate of drug-likeness (QED) is 0.861. The Kier molecular flexibility index (Phi) is 5.63. The van der Waals surface area contributed by atoms with Crippen LogP contribution < -0.4 is 4.74 Å². The number of nitrogens with zero attached hydrogens (tertiary/aromatic N) is 1. The van der Waals surface area contributed by atoms with Crippen molar-refractivity contribution >= 4 is 6.09 Å². The molecular weight excluding hydrogens is 358 g/mol. The number of carbonyl (C=O) groups excluding carboxylic acids is 1. The number of benzene rings is 2. The molecule has 150 valence electrons. The van der Waals surface area contributed by atoms with Crippen LogP contribution in [0.25, 0.3) is 0 Å². The van der Waals surface area contributed by atoms with Crippen LogP contribution in [-0.2, 0) is 21.9 Å². The largest absolute Gasteiger partial charge is 0.489 e. The molecule has 1 heterocycles. The van der Waals surface area contributed by atoms with Crippen molar-refractivity contribution in [2.75, 3.05) is 6.73 Å². The van der Waals surface area contributed by atoms with Crippen molar-refractivity contribution in [1.29, 1.82) is 0 Å². The molecule has 0 radical (unpaired) electrons. The lowest BCUT2D eigenvalue weighted by molar-refractivity contribution is -0.185. The van der Waals surface area contributed by atoms with Crippen molar-refractivity contribution in [2.45, 2.75) is 51.7 Å². The average Bonchev–Trinajstić information content (AvgIpc) is 2.96. The smallest absolute Gasteiger partial charge is 0.412 e. The van der Waals surface area contributed by atoms with Gasteiger partial charge in [0.15, 0.2) is 0 Å². The van der Waals surface area contributed by atoms with E-state index in [2.05, 4.69) is 0 Å². The van der Waals surface area contributed by atoms with Gasteiger partial charge in [0, 0.05) is 5.56 Å². The summed E-state index contributed by atoms with van der Waals surface area (Å²) < 4.78 is 16.8. The summed E-state index contributed by atoms with van der Waals surface area (Å²) in [5, 5.41) is 11.0. The topological polar surface area (TPSA) is 68.2 Å². The molecule has 0 aromatic heterocycles. The highest BCUT2D eigenvalue weighted by atomic mass is 16.7. The van der Waals surface area contributed by atoms with Crippen molar-refractivity contribution in [3.8, 4) is 5.75 Å². The first-order valence-electron chi connectivity index (χ1n) is 9.32. The molecule has 0 saturated carbocycles. The van der Waals surface area contributed by atoms with Crippen LogP contribution in [0.5, 0.6) is 5.75 Å². The summed E-state index contributed by atoms with van der Waals surface area (Å²) in [6.07, 6.45) is -0.515. The zero-order chi connectivity index (χ0) is 20.4. The highest BCUT2D eigenvalue weighted by Crippen LogP contribution is 2.36. The molecule has 28 heavy (non-hydrogen) atoms. The minimum atomic E-state index is -1.60. The molecule has 1 unspecified atom stereocenters. The van der Waals surface area contributed by atoms with Gasteiger partial charge < -0.3 is 19.3 Å². The summed E-state index contributed by atoms with van der Waals surface area (Å²) in [5.74, 6) is -0.916. The van der Waals surface area contributed by atoms with Crippen molar-refractivity contribution in [3.63, 3.8) is 0 Å². The van der Waals surface area contributed by atoms with Gasteiger partial charge in [-0.2, -0.15) is 0 Å². The minimum Gasteiger partial charge on any atom is -0.489 e. The molecule has 2 atom stereocenters. The second-order valence-corrected chi connectivity index (χ2v) is 7.89. The van der Waals surface area contributed by atoms with Gasteiger partial charge in [0.2, 0.25) is 5.79 Å². The Hall–Kier alpha value is -2.57. The maximum absolute atomic E-state index is 12.4. The van der Waals surface area contributed by atoms with Gasteiger partial charge in [-0.25, -0.2) is 4.79 Å². The van der Waals surface area contributed by atoms with E-state index in [1.807, 2.05) is 30.3 Å². The van der Waals surface area contributed by atoms with Crippen LogP contribution in [0, 0.1) is 0 Å². The molecule has 1 aliphatic rings. The summed E-state index contributed by atoms with van der Waals surface area (Å²) in [6, 6.07) is 16.3. The average molecular weight is 385 g/mol. The molecule has 0 aliphatic carbocycles. The van der Waals surface area contributed by atoms with Gasteiger partial charge >= 0.3 is 6.09 Å². The van der Waals surface area contributed by atoms with E-state index >= 15 is 0 Å². The molecule has 1 saturated heterocycles. The van der Waals surface area contributed by atoms with E-state index in [0.717, 1.165) is 5.56 Å². The Morgan fingerprint density at radius 2 is 1.82 bits per heavy atom. The first kappa shape index (κ1) is 20.2. The summed E-state index contributed by atoms with van der Waals surface area (Å²) in [5.41, 5.74) is 1.01. The second kappa shape index (κ2) is 7.81. The lowest BCUT2D eigenvalue weighted by atomic mass is 9.99. The molecule has 6 heteroatoms. The van der Waals surface area contributed by atoms with Crippen LogP contribution in [-0.4, -0.2) is 34.5 Å². The zero-order valence-electron chi connectivity index (χ0n) is 16.7. The zero-order valence-corrected chi connectivity index (χ0v) is 16.7. The number of aliphatic hydroxyl groups is 1. The summed E-state index contributed by atoms with van der Waals surface area (Å²) in [4.78, 5) is 13.7. The van der Waals surface area contributed by atoms with Gasteiger partial charge in [-0.3, -0.25) is 4.90 Å². The van der Waals surface area contributed by atoms with Crippen molar-refractivity contribution < 1.29 is 24.1 Å². The van der Waals surface area contributed by atoms with Crippen molar-refractivity contribution in [2.24, 2.45) is 0 Å². The predicted molar refractivity (Wildman–Crippen MR) is 105 cm³/mol. The van der Waals surface area contributed by atoms with Crippen LogP contribution in [0.15, 0.2) is 54.6 Å². The Morgan fingerprint density at radius 3 is 2.43 bits per heavy atom. The molecule has 6 nitrogen and oxygen atoms in total. The lowest BCUT2D eigenvalue weighted by Crippen LogP contribution is -2.45. The van der Waals surface area contributed by atoms with Crippen LogP contribution in [0.2, 0.25) is 0 Å². The number of rotatable bonds is 4. The summed E-state index contributed by atoms with van der Waals surface area (Å²) in [6.45, 7) is 7.55. The van der Waals surface area contributed by atoms with E-state index in [0.29, 0.717) is 17.9 Å². The van der Waals surface area contributed by atoms with E-state index < -0.39 is 23.5 Å². The van der Waals surface area contributed by atoms with Crippen LogP contribution in [0.4, 0.5) is 4.79 Å². The standard InChI is InChI=1S/C22H27NO5/c1-16-22(25,27-15-23(16)20(24)28-21(2,3)4)18-10-12-19(13-11-18)26-14-17-8-6-5-7-9-17/h5-13,16,25H,14-15H2,1-4H3/t16-,22?/m0/s1. The monoisotopic (exact) mass is 385 g/mol. The molecule has 1 fully saturated rings. The number of ether oxygens (including phenoxy) is 3.